The summed E-state index contributed by atoms with van der Waals surface area (Å²) >= 11 is 0. The summed E-state index contributed by atoms with van der Waals surface area (Å²) < 4.78 is 18.2. The second kappa shape index (κ2) is 8.11. The molecule has 26 heavy (non-hydrogen) atoms. The van der Waals surface area contributed by atoms with Crippen LogP contribution in [0.3, 0.4) is 0 Å². The van der Waals surface area contributed by atoms with E-state index in [4.69, 9.17) is 4.74 Å². The second-order valence-electron chi connectivity index (χ2n) is 5.27. The van der Waals surface area contributed by atoms with Gasteiger partial charge >= 0.3 is 0 Å². The van der Waals surface area contributed by atoms with E-state index < -0.39 is 0 Å². The van der Waals surface area contributed by atoms with Crippen LogP contribution in [0.1, 0.15) is 23.1 Å². The summed E-state index contributed by atoms with van der Waals surface area (Å²) in [5.41, 5.74) is 2.21. The molecule has 0 aliphatic heterocycles. The maximum atomic E-state index is 13.0. The first-order valence-corrected chi connectivity index (χ1v) is 7.97. The van der Waals surface area contributed by atoms with Crippen molar-refractivity contribution in [2.75, 3.05) is 6.61 Å². The van der Waals surface area contributed by atoms with Gasteiger partial charge in [0.15, 0.2) is 5.69 Å². The SMILES string of the molecule is CCOc1ccc(C(=O)NCc2cc(-c3ccc(F)cc3)ncn2)nn1. The molecule has 8 heteroatoms. The van der Waals surface area contributed by atoms with Gasteiger partial charge in [-0.15, -0.1) is 10.2 Å². The molecule has 0 aliphatic carbocycles. The zero-order chi connectivity index (χ0) is 18.4. The topological polar surface area (TPSA) is 89.9 Å². The van der Waals surface area contributed by atoms with Crippen LogP contribution in [0.25, 0.3) is 11.3 Å². The van der Waals surface area contributed by atoms with Gasteiger partial charge in [0.05, 0.1) is 24.5 Å². The number of nitrogens with zero attached hydrogens (tertiary/aromatic N) is 4. The van der Waals surface area contributed by atoms with E-state index in [0.29, 0.717) is 23.9 Å². The van der Waals surface area contributed by atoms with Gasteiger partial charge in [-0.2, -0.15) is 0 Å². The second-order valence-corrected chi connectivity index (χ2v) is 5.27. The summed E-state index contributed by atoms with van der Waals surface area (Å²) in [6, 6.07) is 10.9. The molecule has 0 bridgehead atoms. The highest BCUT2D eigenvalue weighted by molar-refractivity contribution is 5.92. The third kappa shape index (κ3) is 4.35. The van der Waals surface area contributed by atoms with Crippen LogP contribution in [0.2, 0.25) is 0 Å². The van der Waals surface area contributed by atoms with E-state index in [-0.39, 0.29) is 24.0 Å². The number of hydrogen-bond acceptors (Lipinski definition) is 6. The molecule has 0 spiro atoms. The van der Waals surface area contributed by atoms with Crippen molar-refractivity contribution in [1.82, 2.24) is 25.5 Å². The Morgan fingerprint density at radius 2 is 1.92 bits per heavy atom. The largest absolute Gasteiger partial charge is 0.477 e. The van der Waals surface area contributed by atoms with Crippen LogP contribution in [0.5, 0.6) is 5.88 Å². The third-order valence-electron chi connectivity index (χ3n) is 3.46. The van der Waals surface area contributed by atoms with E-state index >= 15 is 0 Å². The van der Waals surface area contributed by atoms with Gasteiger partial charge < -0.3 is 10.1 Å². The fourth-order valence-corrected chi connectivity index (χ4v) is 2.20. The van der Waals surface area contributed by atoms with Crippen molar-refractivity contribution in [3.05, 3.63) is 66.0 Å². The van der Waals surface area contributed by atoms with Gasteiger partial charge in [-0.25, -0.2) is 14.4 Å². The number of rotatable bonds is 6. The summed E-state index contributed by atoms with van der Waals surface area (Å²) in [6.45, 7) is 2.51. The van der Waals surface area contributed by atoms with E-state index in [0.717, 1.165) is 5.56 Å². The van der Waals surface area contributed by atoms with Crippen molar-refractivity contribution in [1.29, 1.82) is 0 Å². The van der Waals surface area contributed by atoms with Crippen LogP contribution >= 0.6 is 0 Å². The first kappa shape index (κ1) is 17.4. The Kier molecular flexibility index (Phi) is 5.43. The molecule has 1 amide bonds. The average Bonchev–Trinajstić information content (AvgIpc) is 2.68. The number of carbonyl (C=O) groups excluding carboxylic acids is 1. The lowest BCUT2D eigenvalue weighted by Gasteiger charge is -2.06. The summed E-state index contributed by atoms with van der Waals surface area (Å²) in [4.78, 5) is 20.4. The van der Waals surface area contributed by atoms with Crippen molar-refractivity contribution in [2.45, 2.75) is 13.5 Å². The van der Waals surface area contributed by atoms with Crippen LogP contribution in [-0.4, -0.2) is 32.7 Å². The molecule has 0 unspecified atom stereocenters. The van der Waals surface area contributed by atoms with Crippen molar-refractivity contribution < 1.29 is 13.9 Å². The molecule has 7 nitrogen and oxygen atoms in total. The standard InChI is InChI=1S/C18H16FN5O2/c1-2-26-17-8-7-15(23-24-17)18(25)20-10-14-9-16(22-11-21-14)12-3-5-13(19)6-4-12/h3-9,11H,2,10H2,1H3,(H,20,25). The number of carbonyl (C=O) groups is 1. The lowest BCUT2D eigenvalue weighted by Crippen LogP contribution is -2.24. The molecule has 132 valence electrons. The summed E-state index contributed by atoms with van der Waals surface area (Å²) in [6.07, 6.45) is 1.40. The lowest BCUT2D eigenvalue weighted by atomic mass is 10.1. The first-order chi connectivity index (χ1) is 12.7. The van der Waals surface area contributed by atoms with Crippen LogP contribution in [0, 0.1) is 5.82 Å². The fourth-order valence-electron chi connectivity index (χ4n) is 2.20. The van der Waals surface area contributed by atoms with E-state index in [1.165, 1.54) is 24.5 Å². The lowest BCUT2D eigenvalue weighted by molar-refractivity contribution is 0.0944. The zero-order valence-corrected chi connectivity index (χ0v) is 14.0. The summed E-state index contributed by atoms with van der Waals surface area (Å²) in [7, 11) is 0. The monoisotopic (exact) mass is 353 g/mol. The molecule has 0 aliphatic rings. The maximum absolute atomic E-state index is 13.0. The van der Waals surface area contributed by atoms with Gasteiger partial charge in [0, 0.05) is 11.6 Å². The predicted octanol–water partition coefficient (Wildman–Crippen LogP) is 2.40. The number of ether oxygens (including phenoxy) is 1. The Labute approximate surface area is 149 Å². The van der Waals surface area contributed by atoms with Crippen molar-refractivity contribution in [3.8, 4) is 17.1 Å². The number of aromatic nitrogens is 4. The maximum Gasteiger partial charge on any atom is 0.272 e. The summed E-state index contributed by atoms with van der Waals surface area (Å²) in [5.74, 6) is -0.321. The number of halogens is 1. The Bertz CT molecular complexity index is 885. The quantitative estimate of drug-likeness (QED) is 0.732. The highest BCUT2D eigenvalue weighted by Gasteiger charge is 2.09. The normalized spacial score (nSPS) is 10.4. The van der Waals surface area contributed by atoms with Gasteiger partial charge in [-0.05, 0) is 43.3 Å². The third-order valence-corrected chi connectivity index (χ3v) is 3.46. The number of hydrogen-bond donors (Lipinski definition) is 1. The first-order valence-electron chi connectivity index (χ1n) is 7.97. The molecule has 2 aromatic heterocycles. The van der Waals surface area contributed by atoms with E-state index in [9.17, 15) is 9.18 Å². The number of nitrogens with one attached hydrogen (secondary N) is 1. The molecule has 3 aromatic rings. The minimum absolute atomic E-state index is 0.182. The molecule has 0 fully saturated rings. The molecule has 0 saturated carbocycles. The molecule has 3 rings (SSSR count). The highest BCUT2D eigenvalue weighted by atomic mass is 19.1. The molecule has 0 atom stereocenters. The van der Waals surface area contributed by atoms with E-state index in [2.05, 4.69) is 25.5 Å². The van der Waals surface area contributed by atoms with E-state index in [1.807, 2.05) is 6.92 Å². The zero-order valence-electron chi connectivity index (χ0n) is 14.0. The smallest absolute Gasteiger partial charge is 0.272 e. The van der Waals surface area contributed by atoms with Crippen molar-refractivity contribution >= 4 is 5.91 Å². The van der Waals surface area contributed by atoms with Crippen LogP contribution < -0.4 is 10.1 Å². The molecular formula is C18H16FN5O2. The minimum Gasteiger partial charge on any atom is -0.477 e. The van der Waals surface area contributed by atoms with Crippen LogP contribution in [-0.2, 0) is 6.54 Å². The molecular weight excluding hydrogens is 337 g/mol. The Morgan fingerprint density at radius 3 is 2.62 bits per heavy atom. The van der Waals surface area contributed by atoms with Crippen LogP contribution in [0.15, 0.2) is 48.8 Å². The Hall–Kier alpha value is -3.42. The minimum atomic E-state index is -0.373. The average molecular weight is 353 g/mol. The van der Waals surface area contributed by atoms with E-state index in [1.54, 1.807) is 24.3 Å². The van der Waals surface area contributed by atoms with Crippen molar-refractivity contribution in [2.24, 2.45) is 0 Å². The van der Waals surface area contributed by atoms with Gasteiger partial charge in [0.25, 0.3) is 5.91 Å². The van der Waals surface area contributed by atoms with Gasteiger partial charge in [0.1, 0.15) is 12.1 Å². The highest BCUT2D eigenvalue weighted by Crippen LogP contribution is 2.17. The number of benzene rings is 1. The predicted molar refractivity (Wildman–Crippen MR) is 91.8 cm³/mol. The molecule has 1 N–H and O–H groups in total. The van der Waals surface area contributed by atoms with Crippen LogP contribution in [0.4, 0.5) is 4.39 Å². The Morgan fingerprint density at radius 1 is 1.12 bits per heavy atom. The van der Waals surface area contributed by atoms with Gasteiger partial charge in [-0.1, -0.05) is 0 Å². The molecule has 0 saturated heterocycles. The van der Waals surface area contributed by atoms with Gasteiger partial charge in [0.2, 0.25) is 5.88 Å². The fraction of sp³-hybridized carbons (Fsp3) is 0.167. The molecule has 2 heterocycles. The Balaban J connectivity index is 1.65. The summed E-state index contributed by atoms with van der Waals surface area (Å²) in [5, 5.41) is 10.4. The number of amides is 1. The molecule has 0 radical (unpaired) electrons. The van der Waals surface area contributed by atoms with Crippen molar-refractivity contribution in [3.63, 3.8) is 0 Å². The van der Waals surface area contributed by atoms with Gasteiger partial charge in [-0.3, -0.25) is 4.79 Å². The molecule has 1 aromatic carbocycles.